The van der Waals surface area contributed by atoms with Crippen LogP contribution in [0.5, 0.6) is 0 Å². The van der Waals surface area contributed by atoms with Crippen LogP contribution in [0.2, 0.25) is 0 Å². The number of hydrogen-bond donors (Lipinski definition) is 0. The van der Waals surface area contributed by atoms with Crippen molar-refractivity contribution in [2.45, 2.75) is 20.3 Å². The van der Waals surface area contributed by atoms with Crippen LogP contribution in [0.25, 0.3) is 6.08 Å². The molecule has 94 valence electrons. The van der Waals surface area contributed by atoms with Crippen molar-refractivity contribution >= 4 is 11.9 Å². The van der Waals surface area contributed by atoms with Crippen LogP contribution in [0.3, 0.4) is 0 Å². The summed E-state index contributed by atoms with van der Waals surface area (Å²) < 4.78 is 0. The molecule has 19 heavy (non-hydrogen) atoms. The third kappa shape index (κ3) is 2.01. The molecule has 0 aromatic heterocycles. The van der Waals surface area contributed by atoms with Gasteiger partial charge in [0.2, 0.25) is 0 Å². The molecule has 0 fully saturated rings. The van der Waals surface area contributed by atoms with Gasteiger partial charge in [-0.05, 0) is 42.2 Å². The van der Waals surface area contributed by atoms with Gasteiger partial charge < -0.3 is 0 Å². The maximum atomic E-state index is 12.5. The highest BCUT2D eigenvalue weighted by Gasteiger charge is 2.27. The van der Waals surface area contributed by atoms with Crippen LogP contribution >= 0.6 is 0 Å². The fourth-order valence-electron chi connectivity index (χ4n) is 2.71. The molecule has 0 N–H and O–H groups in total. The zero-order valence-electron chi connectivity index (χ0n) is 11.2. The van der Waals surface area contributed by atoms with Gasteiger partial charge in [0, 0.05) is 17.6 Å². The molecule has 0 amide bonds. The van der Waals surface area contributed by atoms with Gasteiger partial charge in [-0.2, -0.15) is 0 Å². The zero-order chi connectivity index (χ0) is 13.4. The topological polar surface area (TPSA) is 17.1 Å². The Kier molecular flexibility index (Phi) is 2.83. The van der Waals surface area contributed by atoms with Crippen LogP contribution in [0.1, 0.15) is 32.6 Å². The first-order chi connectivity index (χ1) is 9.16. The van der Waals surface area contributed by atoms with Gasteiger partial charge in [-0.1, -0.05) is 42.5 Å². The van der Waals surface area contributed by atoms with Crippen LogP contribution in [0.15, 0.2) is 48.0 Å². The van der Waals surface area contributed by atoms with Crippen molar-refractivity contribution in [3.05, 3.63) is 75.9 Å². The van der Waals surface area contributed by atoms with E-state index in [4.69, 9.17) is 0 Å². The van der Waals surface area contributed by atoms with Crippen molar-refractivity contribution in [2.75, 3.05) is 0 Å². The summed E-state index contributed by atoms with van der Waals surface area (Å²) in [6.07, 6.45) is 2.78. The minimum Gasteiger partial charge on any atom is -0.289 e. The highest BCUT2D eigenvalue weighted by Crippen LogP contribution is 2.32. The average molecular weight is 248 g/mol. The van der Waals surface area contributed by atoms with E-state index in [0.717, 1.165) is 28.7 Å². The number of Topliss-reactive ketones (excluding diaryl/α,β-unsaturated/α-hetero) is 1. The summed E-state index contributed by atoms with van der Waals surface area (Å²) in [6.45, 7) is 4.10. The van der Waals surface area contributed by atoms with Crippen molar-refractivity contribution in [1.82, 2.24) is 0 Å². The van der Waals surface area contributed by atoms with Crippen LogP contribution in [-0.2, 0) is 6.42 Å². The zero-order valence-corrected chi connectivity index (χ0v) is 11.2. The molecular weight excluding hydrogens is 232 g/mol. The van der Waals surface area contributed by atoms with Gasteiger partial charge >= 0.3 is 0 Å². The Labute approximate surface area is 113 Å². The molecular formula is C18H16O. The molecule has 0 radical (unpaired) electrons. The van der Waals surface area contributed by atoms with E-state index in [1.54, 1.807) is 0 Å². The Morgan fingerprint density at radius 2 is 1.63 bits per heavy atom. The molecule has 0 bridgehead atoms. The van der Waals surface area contributed by atoms with Crippen LogP contribution in [-0.4, -0.2) is 5.78 Å². The van der Waals surface area contributed by atoms with Crippen LogP contribution in [0, 0.1) is 13.8 Å². The average Bonchev–Trinajstić information content (AvgIpc) is 2.74. The fourth-order valence-corrected chi connectivity index (χ4v) is 2.71. The number of benzene rings is 2. The lowest BCUT2D eigenvalue weighted by Gasteiger charge is -2.04. The van der Waals surface area contributed by atoms with E-state index in [-0.39, 0.29) is 5.78 Å². The van der Waals surface area contributed by atoms with Crippen molar-refractivity contribution in [3.63, 3.8) is 0 Å². The standard InChI is InChI=1S/C18H16O/c1-12-8-9-13(2)17-16(12)11-15(18(17)19)10-14-6-4-3-5-7-14/h3-10H,11H2,1-2H3. The van der Waals surface area contributed by atoms with Gasteiger partial charge in [0.1, 0.15) is 0 Å². The van der Waals surface area contributed by atoms with E-state index in [1.807, 2.05) is 49.4 Å². The predicted molar refractivity (Wildman–Crippen MR) is 78.4 cm³/mol. The Hall–Kier alpha value is -2.15. The maximum absolute atomic E-state index is 12.5. The number of hydrogen-bond acceptors (Lipinski definition) is 1. The minimum absolute atomic E-state index is 0.194. The number of fused-ring (bicyclic) bond motifs is 1. The summed E-state index contributed by atoms with van der Waals surface area (Å²) >= 11 is 0. The highest BCUT2D eigenvalue weighted by atomic mass is 16.1. The monoisotopic (exact) mass is 248 g/mol. The Bertz CT molecular complexity index is 678. The van der Waals surface area contributed by atoms with Crippen LogP contribution < -0.4 is 0 Å². The lowest BCUT2D eigenvalue weighted by atomic mass is 10.00. The summed E-state index contributed by atoms with van der Waals surface area (Å²) in [4.78, 5) is 12.5. The maximum Gasteiger partial charge on any atom is 0.189 e. The first kappa shape index (κ1) is 11.9. The molecule has 3 rings (SSSR count). The van der Waals surface area contributed by atoms with Crippen LogP contribution in [0.4, 0.5) is 0 Å². The molecule has 0 spiro atoms. The van der Waals surface area contributed by atoms with Gasteiger partial charge in [0.25, 0.3) is 0 Å². The molecule has 1 heteroatoms. The SMILES string of the molecule is Cc1ccc(C)c2c1CC(=Cc1ccccc1)C2=O. The molecule has 2 aromatic rings. The molecule has 2 aromatic carbocycles. The molecule has 1 nitrogen and oxygen atoms in total. The summed E-state index contributed by atoms with van der Waals surface area (Å²) in [5, 5.41) is 0. The second kappa shape index (κ2) is 4.51. The molecule has 1 aliphatic rings. The highest BCUT2D eigenvalue weighted by molar-refractivity contribution is 6.16. The summed E-state index contributed by atoms with van der Waals surface area (Å²) in [7, 11) is 0. The summed E-state index contributed by atoms with van der Waals surface area (Å²) in [5.41, 5.74) is 6.41. The summed E-state index contributed by atoms with van der Waals surface area (Å²) in [6, 6.07) is 14.2. The Morgan fingerprint density at radius 1 is 0.947 bits per heavy atom. The second-order valence-electron chi connectivity index (χ2n) is 5.14. The van der Waals surface area contributed by atoms with Crippen molar-refractivity contribution in [3.8, 4) is 0 Å². The molecule has 0 saturated heterocycles. The Morgan fingerprint density at radius 3 is 2.32 bits per heavy atom. The number of carbonyl (C=O) groups is 1. The first-order valence-electron chi connectivity index (χ1n) is 6.56. The van der Waals surface area contributed by atoms with Gasteiger partial charge in [0.15, 0.2) is 5.78 Å². The number of carbonyl (C=O) groups excluding carboxylic acids is 1. The predicted octanol–water partition coefficient (Wildman–Crippen LogP) is 4.13. The lowest BCUT2D eigenvalue weighted by molar-refractivity contribution is 0.104. The molecule has 0 saturated carbocycles. The second-order valence-corrected chi connectivity index (χ2v) is 5.14. The van der Waals surface area contributed by atoms with E-state index in [1.165, 1.54) is 11.1 Å². The van der Waals surface area contributed by atoms with Gasteiger partial charge in [-0.3, -0.25) is 4.79 Å². The molecule has 0 unspecified atom stereocenters. The van der Waals surface area contributed by atoms with E-state index < -0.39 is 0 Å². The normalized spacial score (nSPS) is 15.9. The smallest absolute Gasteiger partial charge is 0.189 e. The van der Waals surface area contributed by atoms with Crippen molar-refractivity contribution < 1.29 is 4.79 Å². The van der Waals surface area contributed by atoms with E-state index in [0.29, 0.717) is 0 Å². The largest absolute Gasteiger partial charge is 0.289 e. The number of rotatable bonds is 1. The van der Waals surface area contributed by atoms with Crippen molar-refractivity contribution in [1.29, 1.82) is 0 Å². The van der Waals surface area contributed by atoms with Crippen molar-refractivity contribution in [2.24, 2.45) is 0 Å². The lowest BCUT2D eigenvalue weighted by Crippen LogP contribution is -1.98. The Balaban J connectivity index is 2.07. The van der Waals surface area contributed by atoms with Gasteiger partial charge in [-0.15, -0.1) is 0 Å². The minimum atomic E-state index is 0.194. The first-order valence-corrected chi connectivity index (χ1v) is 6.56. The molecule has 0 aliphatic heterocycles. The van der Waals surface area contributed by atoms with E-state index in [2.05, 4.69) is 13.0 Å². The number of ketones is 1. The molecule has 1 aliphatic carbocycles. The fraction of sp³-hybridized carbons (Fsp3) is 0.167. The van der Waals surface area contributed by atoms with E-state index >= 15 is 0 Å². The third-order valence-electron chi connectivity index (χ3n) is 3.78. The molecule has 0 atom stereocenters. The quantitative estimate of drug-likeness (QED) is 0.694. The summed E-state index contributed by atoms with van der Waals surface area (Å²) in [5.74, 6) is 0.194. The van der Waals surface area contributed by atoms with Gasteiger partial charge in [0.05, 0.1) is 0 Å². The van der Waals surface area contributed by atoms with Gasteiger partial charge in [-0.25, -0.2) is 0 Å². The molecule has 0 heterocycles. The third-order valence-corrected chi connectivity index (χ3v) is 3.78. The van der Waals surface area contributed by atoms with E-state index in [9.17, 15) is 4.79 Å². The number of aryl methyl sites for hydroxylation is 2. The number of allylic oxidation sites excluding steroid dienone is 1.